The molecule has 6 heterocycles. The van der Waals surface area contributed by atoms with Gasteiger partial charge in [-0.3, -0.25) is 0 Å². The summed E-state index contributed by atoms with van der Waals surface area (Å²) in [7, 11) is 0. The van der Waals surface area contributed by atoms with E-state index in [1.54, 1.807) is 0 Å². The average molecular weight is 1840 g/mol. The normalized spacial score (nSPS) is 11.9. The van der Waals surface area contributed by atoms with Gasteiger partial charge in [-0.15, -0.1) is 34.0 Å². The van der Waals surface area contributed by atoms with Crippen molar-refractivity contribution in [2.24, 2.45) is 0 Å². The van der Waals surface area contributed by atoms with Crippen molar-refractivity contribution < 1.29 is 13.3 Å². The van der Waals surface area contributed by atoms with Crippen LogP contribution in [0.4, 0.5) is 68.2 Å². The van der Waals surface area contributed by atoms with E-state index in [9.17, 15) is 0 Å². The van der Waals surface area contributed by atoms with Gasteiger partial charge in [-0.25, -0.2) is 0 Å². The predicted molar refractivity (Wildman–Crippen MR) is 598 cm³/mol. The van der Waals surface area contributed by atoms with Crippen molar-refractivity contribution in [3.05, 3.63) is 485 Å². The number of fused-ring (bicyclic) bond motifs is 28. The van der Waals surface area contributed by atoms with E-state index in [0.717, 1.165) is 156 Å². The van der Waals surface area contributed by atoms with E-state index >= 15 is 0 Å². The van der Waals surface area contributed by atoms with E-state index in [4.69, 9.17) is 13.3 Å². The summed E-state index contributed by atoms with van der Waals surface area (Å²) in [6, 6.07) is 175. The molecule has 0 aliphatic heterocycles. The highest BCUT2D eigenvalue weighted by Crippen LogP contribution is 2.56. The number of benzene rings is 23. The van der Waals surface area contributed by atoms with Gasteiger partial charge in [0.15, 0.2) is 11.2 Å². The molecular formula is C130H80N4O3S3. The van der Waals surface area contributed by atoms with Crippen LogP contribution in [0.5, 0.6) is 0 Å². The first kappa shape index (κ1) is 80.8. The zero-order valence-electron chi connectivity index (χ0n) is 75.4. The number of anilines is 12. The van der Waals surface area contributed by atoms with Gasteiger partial charge >= 0.3 is 0 Å². The Labute approximate surface area is 816 Å². The lowest BCUT2D eigenvalue weighted by Gasteiger charge is -2.28. The lowest BCUT2D eigenvalue weighted by molar-refractivity contribution is 0.668. The fraction of sp³-hybridized carbons (Fsp3) is 0. The van der Waals surface area contributed by atoms with Crippen LogP contribution < -0.4 is 19.6 Å². The largest absolute Gasteiger partial charge is 0.456 e. The van der Waals surface area contributed by atoms with Crippen molar-refractivity contribution in [3.63, 3.8) is 0 Å². The van der Waals surface area contributed by atoms with Gasteiger partial charge in [0.1, 0.15) is 22.3 Å². The van der Waals surface area contributed by atoms with Crippen LogP contribution in [0.25, 0.3) is 203 Å². The number of hydrogen-bond acceptors (Lipinski definition) is 10. The van der Waals surface area contributed by atoms with E-state index in [-0.39, 0.29) is 0 Å². The van der Waals surface area contributed by atoms with Crippen LogP contribution in [0.15, 0.2) is 499 Å². The van der Waals surface area contributed by atoms with Crippen LogP contribution in [0.2, 0.25) is 0 Å². The summed E-state index contributed by atoms with van der Waals surface area (Å²) in [6.07, 6.45) is 0. The number of hydrogen-bond donors (Lipinski definition) is 0. The molecule has 0 fully saturated rings. The molecule has 0 atom stereocenters. The second-order valence-corrected chi connectivity index (χ2v) is 39.1. The van der Waals surface area contributed by atoms with Gasteiger partial charge in [-0.1, -0.05) is 334 Å². The van der Waals surface area contributed by atoms with Crippen molar-refractivity contribution in [2.75, 3.05) is 19.6 Å². The van der Waals surface area contributed by atoms with Crippen molar-refractivity contribution in [3.8, 4) is 33.4 Å². The smallest absolute Gasteiger partial charge is 0.159 e. The molecule has 29 aromatic rings. The standard InChI is InChI=1S/C68H42N2OS2.C62H38N2O2S/c1-3-18-43(19-4-1)48-22-9-13-29-59(48)69(46-36-39-64-58(41-46)52-26-12-16-33-63(52)72-64)45-34-37-55-57(40-45)50-24-7-8-27-53(50)66-56-38-35-47(42-65(56)73-68(55)66)70(60-30-14-10-23-49(60)44-20-5-2-6-21-44)61-31-17-28-54-51-25-11-15-32-62(51)71-67(54)61;1-3-16-39(17-4-1)44-20-9-12-26-54(44)64(55-27-15-25-49-46-22-10-14-29-57(46)66-61(49)55)43-31-34-51-59(38-43)67-62-50-33-30-41(36-52(50)45-21-7-8-24-48(45)60(51)62)63(40-18-5-2-6-19-40)42-32-35-58-53(37-42)47-23-11-13-28-56(47)65-58/h1-42H;1-38H. The van der Waals surface area contributed by atoms with Crippen molar-refractivity contribution in [2.45, 2.75) is 0 Å². The molecule has 0 radical (unpaired) electrons. The zero-order valence-corrected chi connectivity index (χ0v) is 77.9. The molecule has 0 aliphatic carbocycles. The molecule has 656 valence electrons. The Morgan fingerprint density at radius 3 is 0.957 bits per heavy atom. The van der Waals surface area contributed by atoms with Gasteiger partial charge in [0, 0.05) is 160 Å². The maximum atomic E-state index is 6.79. The molecule has 6 aromatic heterocycles. The molecule has 140 heavy (non-hydrogen) atoms. The van der Waals surface area contributed by atoms with E-state index in [0.29, 0.717) is 0 Å². The predicted octanol–water partition coefficient (Wildman–Crippen LogP) is 39.7. The van der Waals surface area contributed by atoms with E-state index in [1.165, 1.54) is 115 Å². The molecule has 0 amide bonds. The average Bonchev–Trinajstić information content (AvgIpc) is 1.54. The molecule has 23 aromatic carbocycles. The molecule has 10 heteroatoms. The third kappa shape index (κ3) is 13.3. The summed E-state index contributed by atoms with van der Waals surface area (Å²) < 4.78 is 27.4. The van der Waals surface area contributed by atoms with Gasteiger partial charge in [-0.05, 0) is 201 Å². The highest BCUT2D eigenvalue weighted by Gasteiger charge is 2.30. The molecule has 0 spiro atoms. The van der Waals surface area contributed by atoms with Crippen LogP contribution in [-0.2, 0) is 0 Å². The van der Waals surface area contributed by atoms with Crippen LogP contribution >= 0.6 is 34.0 Å². The number of furan rings is 3. The molecule has 0 saturated heterocycles. The van der Waals surface area contributed by atoms with Gasteiger partial charge in [0.05, 0.1) is 28.4 Å². The highest BCUT2D eigenvalue weighted by atomic mass is 32.1. The van der Waals surface area contributed by atoms with Crippen molar-refractivity contribution >= 4 is 272 Å². The van der Waals surface area contributed by atoms with Crippen LogP contribution in [0.1, 0.15) is 0 Å². The van der Waals surface area contributed by atoms with Crippen LogP contribution in [-0.4, -0.2) is 0 Å². The van der Waals surface area contributed by atoms with Gasteiger partial charge in [-0.2, -0.15) is 0 Å². The lowest BCUT2D eigenvalue weighted by Crippen LogP contribution is -2.11. The minimum absolute atomic E-state index is 0.860. The summed E-state index contributed by atoms with van der Waals surface area (Å²) in [5.74, 6) is 0. The topological polar surface area (TPSA) is 52.4 Å². The summed E-state index contributed by atoms with van der Waals surface area (Å²) >= 11 is 5.61. The number of thiophene rings is 3. The fourth-order valence-electron chi connectivity index (χ4n) is 21.8. The van der Waals surface area contributed by atoms with Crippen molar-refractivity contribution in [1.82, 2.24) is 0 Å². The Bertz CT molecular complexity index is 10000. The third-order valence-corrected chi connectivity index (χ3v) is 31.6. The molecule has 0 bridgehead atoms. The van der Waals surface area contributed by atoms with Crippen LogP contribution in [0.3, 0.4) is 0 Å². The molecule has 29 rings (SSSR count). The summed E-state index contributed by atoms with van der Waals surface area (Å²) in [4.78, 5) is 9.62. The molecular weight excluding hydrogens is 1760 g/mol. The lowest BCUT2D eigenvalue weighted by atomic mass is 9.96. The number of rotatable bonds is 15. The summed E-state index contributed by atoms with van der Waals surface area (Å²) in [6.45, 7) is 0. The molecule has 0 N–H and O–H groups in total. The second kappa shape index (κ2) is 33.1. The molecule has 0 aliphatic rings. The fourth-order valence-corrected chi connectivity index (χ4v) is 25.5. The van der Waals surface area contributed by atoms with Crippen molar-refractivity contribution in [1.29, 1.82) is 0 Å². The molecule has 7 nitrogen and oxygen atoms in total. The minimum Gasteiger partial charge on any atom is -0.456 e. The summed E-state index contributed by atoms with van der Waals surface area (Å²) in [5.41, 5.74) is 25.1. The highest BCUT2D eigenvalue weighted by molar-refractivity contribution is 7.27. The first-order valence-electron chi connectivity index (χ1n) is 47.4. The second-order valence-electron chi connectivity index (χ2n) is 35.9. The Morgan fingerprint density at radius 2 is 0.471 bits per heavy atom. The Balaban J connectivity index is 0.000000138. The SMILES string of the molecule is c1ccc(-c2ccccc2N(c2ccc3c(c2)sc2c4ccc(N(c5ccccc5)c5ccc6oc7ccccc7c6c5)cc4c4ccccc4c32)c2cccc3c2oc2ccccc23)cc1.c1ccc(-c2ccccc2N(c2ccc3sc4ccccc4c3c2)c2ccc3c(c2)c2ccccc2c2c4ccc(N(c5ccccc5-c5ccccc5)c5cccc6c5oc5ccccc56)cc4sc32)cc1. The maximum Gasteiger partial charge on any atom is 0.159 e. The van der Waals surface area contributed by atoms with E-state index in [2.05, 4.69) is 481 Å². The Hall–Kier alpha value is -17.6. The van der Waals surface area contributed by atoms with E-state index in [1.807, 2.05) is 58.3 Å². The first-order valence-corrected chi connectivity index (χ1v) is 49.8. The molecule has 0 unspecified atom stereocenters. The third-order valence-electron chi connectivity index (χ3n) is 28.0. The van der Waals surface area contributed by atoms with Gasteiger partial charge < -0.3 is 32.9 Å². The number of para-hydroxylation sites is 9. The maximum absolute atomic E-state index is 6.79. The van der Waals surface area contributed by atoms with E-state index < -0.39 is 0 Å². The van der Waals surface area contributed by atoms with Gasteiger partial charge in [0.2, 0.25) is 0 Å². The molecule has 0 saturated carbocycles. The summed E-state index contributed by atoms with van der Waals surface area (Å²) in [5, 5.41) is 24.2. The van der Waals surface area contributed by atoms with Gasteiger partial charge in [0.25, 0.3) is 0 Å². The first-order chi connectivity index (χ1) is 69.4. The number of nitrogens with zero attached hydrogens (tertiary/aromatic N) is 4. The van der Waals surface area contributed by atoms with Crippen LogP contribution in [0, 0.1) is 0 Å². The zero-order chi connectivity index (χ0) is 92.0. The minimum atomic E-state index is 0.860. The quantitative estimate of drug-likeness (QED) is 0.0948. The Morgan fingerprint density at radius 1 is 0.150 bits per heavy atom. The monoisotopic (exact) mass is 1840 g/mol. The Kier molecular flexibility index (Phi) is 19.1.